The maximum atomic E-state index is 13.1. The molecule has 1 saturated heterocycles. The van der Waals surface area contributed by atoms with E-state index in [0.717, 1.165) is 18.9 Å². The maximum Gasteiger partial charge on any atom is 0.244 e. The van der Waals surface area contributed by atoms with Crippen molar-refractivity contribution in [2.75, 3.05) is 13.1 Å². The first-order valence-electron chi connectivity index (χ1n) is 6.53. The highest BCUT2D eigenvalue weighted by Gasteiger charge is 2.35. The van der Waals surface area contributed by atoms with E-state index in [1.165, 1.54) is 16.4 Å². The fourth-order valence-corrected chi connectivity index (χ4v) is 5.23. The summed E-state index contributed by atoms with van der Waals surface area (Å²) in [5.74, 6) is -0.289. The Morgan fingerprint density at radius 3 is 2.75 bits per heavy atom. The number of hydrogen-bond acceptors (Lipinski definition) is 3. The van der Waals surface area contributed by atoms with E-state index in [1.807, 2.05) is 6.92 Å². The predicted molar refractivity (Wildman–Crippen MR) is 79.2 cm³/mol. The van der Waals surface area contributed by atoms with E-state index in [2.05, 4.69) is 15.9 Å². The average Bonchev–Trinajstić information content (AvgIpc) is 2.38. The number of sulfonamides is 1. The minimum atomic E-state index is -3.64. The zero-order chi connectivity index (χ0) is 14.9. The lowest BCUT2D eigenvalue weighted by Crippen LogP contribution is -2.47. The van der Waals surface area contributed by atoms with E-state index in [4.69, 9.17) is 5.73 Å². The molecular formula is C13H18BrFN2O2S. The maximum absolute atomic E-state index is 13.1. The van der Waals surface area contributed by atoms with Crippen LogP contribution >= 0.6 is 15.9 Å². The lowest BCUT2D eigenvalue weighted by atomic mass is 9.96. The molecule has 0 saturated carbocycles. The van der Waals surface area contributed by atoms with E-state index in [9.17, 15) is 12.8 Å². The van der Waals surface area contributed by atoms with Crippen LogP contribution in [0.25, 0.3) is 0 Å². The molecule has 2 N–H and O–H groups in total. The third-order valence-corrected chi connectivity index (χ3v) is 6.69. The molecule has 1 aliphatic heterocycles. The Morgan fingerprint density at radius 2 is 2.15 bits per heavy atom. The highest BCUT2D eigenvalue weighted by Crippen LogP contribution is 2.31. The summed E-state index contributed by atoms with van der Waals surface area (Å²) in [6.07, 6.45) is 1.73. The molecular weight excluding hydrogens is 347 g/mol. The van der Waals surface area contributed by atoms with Crippen LogP contribution in [0.5, 0.6) is 0 Å². The Balaban J connectivity index is 2.38. The average molecular weight is 365 g/mol. The van der Waals surface area contributed by atoms with Crippen molar-refractivity contribution in [3.05, 3.63) is 28.5 Å². The van der Waals surface area contributed by atoms with E-state index >= 15 is 0 Å². The van der Waals surface area contributed by atoms with Crippen molar-refractivity contribution in [2.45, 2.75) is 30.7 Å². The predicted octanol–water partition coefficient (Wildman–Crippen LogP) is 2.34. The zero-order valence-electron chi connectivity index (χ0n) is 11.2. The first-order chi connectivity index (χ1) is 9.36. The van der Waals surface area contributed by atoms with E-state index in [0.29, 0.717) is 13.1 Å². The van der Waals surface area contributed by atoms with Gasteiger partial charge in [0.15, 0.2) is 0 Å². The summed E-state index contributed by atoms with van der Waals surface area (Å²) in [4.78, 5) is 0.100. The van der Waals surface area contributed by atoms with Gasteiger partial charge >= 0.3 is 0 Å². The van der Waals surface area contributed by atoms with Crippen molar-refractivity contribution in [1.29, 1.82) is 0 Å². The molecule has 0 amide bonds. The molecule has 1 aromatic carbocycles. The number of halogens is 2. The molecule has 1 heterocycles. The van der Waals surface area contributed by atoms with Gasteiger partial charge in [-0.15, -0.1) is 0 Å². The molecule has 2 atom stereocenters. The Kier molecular flexibility index (Phi) is 4.84. The number of benzene rings is 1. The first-order valence-corrected chi connectivity index (χ1v) is 8.76. The van der Waals surface area contributed by atoms with Crippen LogP contribution in [0, 0.1) is 11.7 Å². The van der Waals surface area contributed by atoms with Crippen LogP contribution < -0.4 is 5.73 Å². The fourth-order valence-electron chi connectivity index (χ4n) is 2.48. The Morgan fingerprint density at radius 1 is 1.45 bits per heavy atom. The summed E-state index contributed by atoms with van der Waals surface area (Å²) in [5.41, 5.74) is 5.66. The molecule has 0 spiro atoms. The van der Waals surface area contributed by atoms with E-state index < -0.39 is 15.8 Å². The summed E-state index contributed by atoms with van der Waals surface area (Å²) in [5, 5.41) is 0. The second-order valence-corrected chi connectivity index (χ2v) is 7.89. The van der Waals surface area contributed by atoms with Crippen LogP contribution in [-0.4, -0.2) is 31.9 Å². The summed E-state index contributed by atoms with van der Waals surface area (Å²) in [6, 6.07) is 3.56. The second-order valence-electron chi connectivity index (χ2n) is 5.18. The zero-order valence-corrected chi connectivity index (χ0v) is 13.6. The lowest BCUT2D eigenvalue weighted by Gasteiger charge is -2.36. The monoisotopic (exact) mass is 364 g/mol. The lowest BCUT2D eigenvalue weighted by molar-refractivity contribution is 0.211. The third kappa shape index (κ3) is 3.05. The van der Waals surface area contributed by atoms with Gasteiger partial charge in [-0.05, 0) is 66.4 Å². The van der Waals surface area contributed by atoms with Crippen molar-refractivity contribution in [3.8, 4) is 0 Å². The third-order valence-electron chi connectivity index (χ3n) is 3.74. The summed E-state index contributed by atoms with van der Waals surface area (Å²) < 4.78 is 40.3. The van der Waals surface area contributed by atoms with Crippen LogP contribution in [0.4, 0.5) is 4.39 Å². The molecule has 1 aromatic rings. The Hall–Kier alpha value is -0.500. The van der Waals surface area contributed by atoms with Crippen molar-refractivity contribution in [3.63, 3.8) is 0 Å². The molecule has 1 fully saturated rings. The highest BCUT2D eigenvalue weighted by atomic mass is 79.9. The van der Waals surface area contributed by atoms with Gasteiger partial charge in [0.1, 0.15) is 5.82 Å². The molecule has 112 valence electrons. The highest BCUT2D eigenvalue weighted by molar-refractivity contribution is 9.10. The van der Waals surface area contributed by atoms with Gasteiger partial charge in [0, 0.05) is 17.1 Å². The SMILES string of the molecule is CC1CCC(CN)CN1S(=O)(=O)c1ccc(F)cc1Br. The Bertz CT molecular complexity index is 594. The molecule has 2 unspecified atom stereocenters. The van der Waals surface area contributed by atoms with Crippen LogP contribution in [0.2, 0.25) is 0 Å². The van der Waals surface area contributed by atoms with Crippen LogP contribution in [0.1, 0.15) is 19.8 Å². The van der Waals surface area contributed by atoms with Crippen LogP contribution in [-0.2, 0) is 10.0 Å². The number of rotatable bonds is 3. The van der Waals surface area contributed by atoms with Gasteiger partial charge in [0.2, 0.25) is 10.0 Å². The van der Waals surface area contributed by atoms with Crippen molar-refractivity contribution in [1.82, 2.24) is 4.31 Å². The number of nitrogens with two attached hydrogens (primary N) is 1. The molecule has 20 heavy (non-hydrogen) atoms. The Labute approximate surface area is 127 Å². The minimum Gasteiger partial charge on any atom is -0.330 e. The molecule has 0 bridgehead atoms. The van der Waals surface area contributed by atoms with Gasteiger partial charge in [0.25, 0.3) is 0 Å². The quantitative estimate of drug-likeness (QED) is 0.894. The molecule has 2 rings (SSSR count). The molecule has 0 radical (unpaired) electrons. The minimum absolute atomic E-state index is 0.0697. The number of piperidine rings is 1. The summed E-state index contributed by atoms with van der Waals surface area (Å²) in [7, 11) is -3.64. The van der Waals surface area contributed by atoms with Crippen molar-refractivity contribution < 1.29 is 12.8 Å². The molecule has 0 aromatic heterocycles. The summed E-state index contributed by atoms with van der Waals surface area (Å²) in [6.45, 7) is 2.79. The largest absolute Gasteiger partial charge is 0.330 e. The van der Waals surface area contributed by atoms with Crippen LogP contribution in [0.3, 0.4) is 0 Å². The van der Waals surface area contributed by atoms with Gasteiger partial charge in [-0.25, -0.2) is 12.8 Å². The second kappa shape index (κ2) is 6.09. The van der Waals surface area contributed by atoms with E-state index in [-0.39, 0.29) is 21.3 Å². The van der Waals surface area contributed by atoms with Gasteiger partial charge in [0.05, 0.1) is 4.90 Å². The molecule has 4 nitrogen and oxygen atoms in total. The standard InChI is InChI=1S/C13H18BrFN2O2S/c1-9-2-3-10(7-16)8-17(9)20(18,19)13-5-4-11(15)6-12(13)14/h4-6,9-10H,2-3,7-8,16H2,1H3. The smallest absolute Gasteiger partial charge is 0.244 e. The number of nitrogens with zero attached hydrogens (tertiary/aromatic N) is 1. The van der Waals surface area contributed by atoms with Crippen molar-refractivity contribution >= 4 is 26.0 Å². The first kappa shape index (κ1) is 15.9. The van der Waals surface area contributed by atoms with E-state index in [1.54, 1.807) is 0 Å². The number of hydrogen-bond donors (Lipinski definition) is 1. The van der Waals surface area contributed by atoms with Crippen LogP contribution in [0.15, 0.2) is 27.6 Å². The van der Waals surface area contributed by atoms with Gasteiger partial charge < -0.3 is 5.73 Å². The van der Waals surface area contributed by atoms with Gasteiger partial charge in [-0.2, -0.15) is 4.31 Å². The van der Waals surface area contributed by atoms with Gasteiger partial charge in [-0.1, -0.05) is 0 Å². The fraction of sp³-hybridized carbons (Fsp3) is 0.538. The summed E-state index contributed by atoms with van der Waals surface area (Å²) >= 11 is 3.13. The van der Waals surface area contributed by atoms with Crippen molar-refractivity contribution in [2.24, 2.45) is 11.7 Å². The molecule has 0 aliphatic carbocycles. The molecule has 1 aliphatic rings. The van der Waals surface area contributed by atoms with Gasteiger partial charge in [-0.3, -0.25) is 0 Å². The topological polar surface area (TPSA) is 63.4 Å². The molecule has 7 heteroatoms. The normalized spacial score (nSPS) is 24.8.